The van der Waals surface area contributed by atoms with Crippen molar-refractivity contribution < 1.29 is 9.53 Å². The summed E-state index contributed by atoms with van der Waals surface area (Å²) in [6, 6.07) is 0. The fourth-order valence-corrected chi connectivity index (χ4v) is 1.35. The van der Waals surface area contributed by atoms with E-state index >= 15 is 0 Å². The summed E-state index contributed by atoms with van der Waals surface area (Å²) in [6.45, 7) is 0. The minimum Gasteiger partial charge on any atom is -0.496 e. The lowest BCUT2D eigenvalue weighted by atomic mass is 10.0. The van der Waals surface area contributed by atoms with Crippen LogP contribution < -0.4 is 0 Å². The monoisotopic (exact) mass is 184 g/mol. The van der Waals surface area contributed by atoms with Gasteiger partial charge in [0.05, 0.1) is 18.4 Å². The molecule has 1 rings (SSSR count). The van der Waals surface area contributed by atoms with Crippen LogP contribution in [-0.4, -0.2) is 18.6 Å². The number of carbonyl (C=O) groups is 1. The van der Waals surface area contributed by atoms with E-state index in [1.165, 1.54) is 0 Å². The van der Waals surface area contributed by atoms with Crippen molar-refractivity contribution in [2.75, 3.05) is 12.9 Å². The Morgan fingerprint density at radius 3 is 2.83 bits per heavy atom. The summed E-state index contributed by atoms with van der Waals surface area (Å²) in [5.41, 5.74) is 0.679. The standard InChI is InChI=1S/C9H12O2S/c1-11-9-5-3-2-4-7(9)8(10)6-12/h4-5,12H,2-3,6H2,1H3. The van der Waals surface area contributed by atoms with Crippen LogP contribution in [0, 0.1) is 0 Å². The summed E-state index contributed by atoms with van der Waals surface area (Å²) in [7, 11) is 1.58. The number of hydrogen-bond donors (Lipinski definition) is 1. The zero-order valence-electron chi connectivity index (χ0n) is 7.04. The molecule has 0 spiro atoms. The third-order valence-electron chi connectivity index (χ3n) is 1.77. The van der Waals surface area contributed by atoms with Crippen molar-refractivity contribution in [1.82, 2.24) is 0 Å². The van der Waals surface area contributed by atoms with Gasteiger partial charge in [0.15, 0.2) is 5.78 Å². The van der Waals surface area contributed by atoms with Gasteiger partial charge < -0.3 is 4.74 Å². The van der Waals surface area contributed by atoms with Gasteiger partial charge in [-0.2, -0.15) is 12.6 Å². The molecule has 0 radical (unpaired) electrons. The van der Waals surface area contributed by atoms with Crippen LogP contribution in [0.25, 0.3) is 0 Å². The lowest BCUT2D eigenvalue weighted by molar-refractivity contribution is -0.113. The molecule has 0 N–H and O–H groups in total. The smallest absolute Gasteiger partial charge is 0.175 e. The van der Waals surface area contributed by atoms with Crippen LogP contribution in [-0.2, 0) is 9.53 Å². The molecule has 0 saturated carbocycles. The summed E-state index contributed by atoms with van der Waals surface area (Å²) in [6.07, 6.45) is 5.72. The predicted molar refractivity (Wildman–Crippen MR) is 51.3 cm³/mol. The molecule has 0 amide bonds. The van der Waals surface area contributed by atoms with Crippen molar-refractivity contribution in [3.8, 4) is 0 Å². The van der Waals surface area contributed by atoms with E-state index in [9.17, 15) is 4.79 Å². The molecule has 0 aromatic carbocycles. The summed E-state index contributed by atoms with van der Waals surface area (Å²) in [4.78, 5) is 11.3. The molecule has 0 heterocycles. The Morgan fingerprint density at radius 1 is 1.58 bits per heavy atom. The number of allylic oxidation sites excluding steroid dienone is 3. The Hall–Kier alpha value is -0.700. The van der Waals surface area contributed by atoms with Gasteiger partial charge in [-0.1, -0.05) is 6.08 Å². The Balaban J connectivity index is 2.80. The number of carbonyl (C=O) groups excluding carboxylic acids is 1. The molecule has 0 unspecified atom stereocenters. The molecule has 1 aliphatic carbocycles. The summed E-state index contributed by atoms with van der Waals surface area (Å²) >= 11 is 3.93. The van der Waals surface area contributed by atoms with Crippen molar-refractivity contribution in [3.63, 3.8) is 0 Å². The van der Waals surface area contributed by atoms with Crippen LogP contribution in [0.3, 0.4) is 0 Å². The molecule has 0 saturated heterocycles. The highest BCUT2D eigenvalue weighted by molar-refractivity contribution is 7.81. The van der Waals surface area contributed by atoms with E-state index in [1.54, 1.807) is 7.11 Å². The Labute approximate surface area is 77.7 Å². The second-order valence-corrected chi connectivity index (χ2v) is 2.87. The van der Waals surface area contributed by atoms with Crippen LogP contribution in [0.2, 0.25) is 0 Å². The maximum Gasteiger partial charge on any atom is 0.175 e. The minimum absolute atomic E-state index is 0.0335. The van der Waals surface area contributed by atoms with Crippen LogP contribution in [0.4, 0.5) is 0 Å². The second kappa shape index (κ2) is 4.36. The second-order valence-electron chi connectivity index (χ2n) is 2.55. The number of hydrogen-bond acceptors (Lipinski definition) is 3. The first-order valence-corrected chi connectivity index (χ1v) is 4.51. The highest BCUT2D eigenvalue weighted by Gasteiger charge is 2.15. The number of ketones is 1. The first-order chi connectivity index (χ1) is 5.79. The van der Waals surface area contributed by atoms with Gasteiger partial charge in [0.25, 0.3) is 0 Å². The van der Waals surface area contributed by atoms with Gasteiger partial charge in [0.1, 0.15) is 5.76 Å². The number of Topliss-reactive ketones (excluding diaryl/α,β-unsaturated/α-hetero) is 1. The lowest BCUT2D eigenvalue weighted by Crippen LogP contribution is -2.10. The molecular weight excluding hydrogens is 172 g/mol. The fourth-order valence-electron chi connectivity index (χ4n) is 1.18. The minimum atomic E-state index is 0.0335. The summed E-state index contributed by atoms with van der Waals surface area (Å²) in [5, 5.41) is 0. The van der Waals surface area contributed by atoms with E-state index in [-0.39, 0.29) is 11.5 Å². The molecule has 0 bridgehead atoms. The van der Waals surface area contributed by atoms with Crippen LogP contribution in [0.5, 0.6) is 0 Å². The summed E-state index contributed by atoms with van der Waals surface area (Å²) in [5.74, 6) is 0.971. The first-order valence-electron chi connectivity index (χ1n) is 3.88. The molecule has 0 fully saturated rings. The Bertz CT molecular complexity index is 241. The van der Waals surface area contributed by atoms with Crippen molar-refractivity contribution >= 4 is 18.4 Å². The van der Waals surface area contributed by atoms with Gasteiger partial charge in [0, 0.05) is 0 Å². The quantitative estimate of drug-likeness (QED) is 0.676. The van der Waals surface area contributed by atoms with Gasteiger partial charge in [0.2, 0.25) is 0 Å². The zero-order valence-corrected chi connectivity index (χ0v) is 7.93. The average molecular weight is 184 g/mol. The number of rotatable bonds is 3. The van der Waals surface area contributed by atoms with Gasteiger partial charge in [-0.05, 0) is 18.9 Å². The molecule has 0 aliphatic heterocycles. The molecule has 0 aromatic heterocycles. The van der Waals surface area contributed by atoms with Crippen LogP contribution >= 0.6 is 12.6 Å². The molecule has 66 valence electrons. The number of thiol groups is 1. The van der Waals surface area contributed by atoms with Crippen LogP contribution in [0.1, 0.15) is 12.8 Å². The number of ether oxygens (including phenoxy) is 1. The van der Waals surface area contributed by atoms with E-state index < -0.39 is 0 Å². The molecule has 2 nitrogen and oxygen atoms in total. The van der Waals surface area contributed by atoms with Gasteiger partial charge in [-0.25, -0.2) is 0 Å². The van der Waals surface area contributed by atoms with Crippen molar-refractivity contribution in [3.05, 3.63) is 23.5 Å². The largest absolute Gasteiger partial charge is 0.496 e. The molecule has 0 aromatic rings. The van der Waals surface area contributed by atoms with Gasteiger partial charge in [-0.15, -0.1) is 0 Å². The maximum absolute atomic E-state index is 11.3. The SMILES string of the molecule is COC1=CCCC=C1C(=O)CS. The number of methoxy groups -OCH3 is 1. The molecular formula is C9H12O2S. The molecule has 1 aliphatic rings. The highest BCUT2D eigenvalue weighted by Crippen LogP contribution is 2.20. The molecule has 3 heteroatoms. The first kappa shape index (κ1) is 9.39. The van der Waals surface area contributed by atoms with E-state index in [0.717, 1.165) is 12.8 Å². The Kier molecular flexibility index (Phi) is 3.41. The topological polar surface area (TPSA) is 26.3 Å². The molecule has 0 atom stereocenters. The van der Waals surface area contributed by atoms with Gasteiger partial charge in [-0.3, -0.25) is 4.79 Å². The predicted octanol–water partition coefficient (Wildman–Crippen LogP) is 1.74. The van der Waals surface area contributed by atoms with E-state index in [2.05, 4.69) is 12.6 Å². The van der Waals surface area contributed by atoms with E-state index in [0.29, 0.717) is 11.3 Å². The lowest BCUT2D eigenvalue weighted by Gasteiger charge is -2.12. The van der Waals surface area contributed by atoms with E-state index in [4.69, 9.17) is 4.74 Å². The van der Waals surface area contributed by atoms with Crippen molar-refractivity contribution in [1.29, 1.82) is 0 Å². The average Bonchev–Trinajstić information content (AvgIpc) is 2.16. The zero-order chi connectivity index (χ0) is 8.97. The highest BCUT2D eigenvalue weighted by atomic mass is 32.1. The van der Waals surface area contributed by atoms with E-state index in [1.807, 2.05) is 12.2 Å². The van der Waals surface area contributed by atoms with Crippen molar-refractivity contribution in [2.45, 2.75) is 12.8 Å². The fraction of sp³-hybridized carbons (Fsp3) is 0.444. The third-order valence-corrected chi connectivity index (χ3v) is 2.06. The maximum atomic E-state index is 11.3. The van der Waals surface area contributed by atoms with Crippen molar-refractivity contribution in [2.24, 2.45) is 0 Å². The normalized spacial score (nSPS) is 16.5. The molecule has 12 heavy (non-hydrogen) atoms. The Morgan fingerprint density at radius 2 is 2.25 bits per heavy atom. The van der Waals surface area contributed by atoms with Gasteiger partial charge >= 0.3 is 0 Å². The third kappa shape index (κ3) is 1.91. The summed E-state index contributed by atoms with van der Waals surface area (Å²) < 4.78 is 5.06. The van der Waals surface area contributed by atoms with Crippen LogP contribution in [0.15, 0.2) is 23.5 Å².